The van der Waals surface area contributed by atoms with Crippen LogP contribution in [0.1, 0.15) is 74.6 Å². The van der Waals surface area contributed by atoms with Crippen LogP contribution in [0.4, 0.5) is 0 Å². The number of rotatable bonds is 6. The summed E-state index contributed by atoms with van der Waals surface area (Å²) < 4.78 is 6.13. The third kappa shape index (κ3) is 4.30. The summed E-state index contributed by atoms with van der Waals surface area (Å²) in [4.78, 5) is 17.7. The van der Waals surface area contributed by atoms with E-state index < -0.39 is 0 Å². The quantitative estimate of drug-likeness (QED) is 0.472. The fourth-order valence-electron chi connectivity index (χ4n) is 4.37. The molecular weight excluding hydrogens is 390 g/mol. The Morgan fingerprint density at radius 1 is 1.31 bits per heavy atom. The first kappa shape index (κ1) is 21.7. The second kappa shape index (κ2) is 8.39. The normalized spacial score (nSPS) is 20.9. The molecule has 1 aromatic carbocycles. The van der Waals surface area contributed by atoms with Crippen molar-refractivity contribution in [1.82, 2.24) is 0 Å². The van der Waals surface area contributed by atoms with Crippen molar-refractivity contribution in [2.45, 2.75) is 78.2 Å². The molecule has 6 heteroatoms. The van der Waals surface area contributed by atoms with Gasteiger partial charge in [-0.25, -0.2) is 0 Å². The number of benzene rings is 1. The van der Waals surface area contributed by atoms with Crippen LogP contribution in [0, 0.1) is 13.8 Å². The smallest absolute Gasteiger partial charge is 0.162 e. The number of ether oxygens (including phenoxy) is 1. The highest BCUT2D eigenvalue weighted by molar-refractivity contribution is 6.33. The monoisotopic (exact) mass is 419 g/mol. The van der Waals surface area contributed by atoms with Gasteiger partial charge in [-0.1, -0.05) is 16.8 Å². The zero-order valence-electron chi connectivity index (χ0n) is 17.9. The Balaban J connectivity index is 1.87. The zero-order chi connectivity index (χ0) is 21.3. The summed E-state index contributed by atoms with van der Waals surface area (Å²) in [6, 6.07) is 0. The Morgan fingerprint density at radius 3 is 2.69 bits per heavy atom. The van der Waals surface area contributed by atoms with E-state index in [1.807, 2.05) is 13.8 Å². The van der Waals surface area contributed by atoms with Gasteiger partial charge < -0.3 is 14.7 Å². The van der Waals surface area contributed by atoms with Crippen LogP contribution in [-0.2, 0) is 16.1 Å². The van der Waals surface area contributed by atoms with Gasteiger partial charge in [-0.05, 0) is 70.1 Å². The average molecular weight is 420 g/mol. The Bertz CT molecular complexity index is 886. The molecule has 1 atom stereocenters. The Kier molecular flexibility index (Phi) is 6.27. The number of hydrogen-bond acceptors (Lipinski definition) is 5. The second-order valence-corrected chi connectivity index (χ2v) is 8.90. The van der Waals surface area contributed by atoms with E-state index in [4.69, 9.17) is 21.2 Å². The lowest BCUT2D eigenvalue weighted by molar-refractivity contribution is -0.116. The molecule has 0 spiro atoms. The van der Waals surface area contributed by atoms with Gasteiger partial charge in [0.15, 0.2) is 5.78 Å². The second-order valence-electron chi connectivity index (χ2n) is 8.52. The Labute approximate surface area is 177 Å². The van der Waals surface area contributed by atoms with Crippen molar-refractivity contribution in [3.8, 4) is 5.75 Å². The highest BCUT2D eigenvalue weighted by Gasteiger charge is 2.38. The van der Waals surface area contributed by atoms with Gasteiger partial charge in [0.1, 0.15) is 18.0 Å². The minimum absolute atomic E-state index is 0.0292. The van der Waals surface area contributed by atoms with E-state index in [0.29, 0.717) is 42.9 Å². The number of ketones is 1. The van der Waals surface area contributed by atoms with Crippen molar-refractivity contribution in [3.63, 3.8) is 0 Å². The molecular formula is C23H30ClNO4. The number of aliphatic hydroxyl groups is 1. The fraction of sp³-hybridized carbons (Fsp3) is 0.565. The first-order valence-corrected chi connectivity index (χ1v) is 10.6. The number of halogens is 1. The summed E-state index contributed by atoms with van der Waals surface area (Å²) in [5.41, 5.74) is 4.54. The van der Waals surface area contributed by atoms with Crippen LogP contribution in [0.15, 0.2) is 16.5 Å². The lowest BCUT2D eigenvalue weighted by Crippen LogP contribution is -2.24. The minimum Gasteiger partial charge on any atom is -0.512 e. The van der Waals surface area contributed by atoms with Crippen molar-refractivity contribution < 1.29 is 19.5 Å². The van der Waals surface area contributed by atoms with Gasteiger partial charge in [0.05, 0.1) is 10.8 Å². The van der Waals surface area contributed by atoms with Crippen molar-refractivity contribution in [1.29, 1.82) is 0 Å². The molecule has 0 bridgehead atoms. The number of fused-ring (bicyclic) bond motifs is 1. The highest BCUT2D eigenvalue weighted by Crippen LogP contribution is 2.49. The van der Waals surface area contributed by atoms with Gasteiger partial charge in [0.2, 0.25) is 0 Å². The Morgan fingerprint density at radius 2 is 2.03 bits per heavy atom. The minimum atomic E-state index is -0.289. The maximum atomic E-state index is 12.8. The summed E-state index contributed by atoms with van der Waals surface area (Å²) in [7, 11) is 0. The summed E-state index contributed by atoms with van der Waals surface area (Å²) in [5, 5.41) is 15.0. The molecule has 0 radical (unpaired) electrons. The zero-order valence-corrected chi connectivity index (χ0v) is 18.7. The largest absolute Gasteiger partial charge is 0.512 e. The van der Waals surface area contributed by atoms with Crippen LogP contribution in [0.2, 0.25) is 5.02 Å². The lowest BCUT2D eigenvalue weighted by Gasteiger charge is -2.27. The molecule has 1 N–H and O–H groups in total. The molecule has 2 aliphatic rings. The number of Topliss-reactive ketones (excluding diaryl/α,β-unsaturated/α-hetero) is 1. The molecule has 5 nitrogen and oxygen atoms in total. The molecule has 0 amide bonds. The van der Waals surface area contributed by atoms with Gasteiger partial charge in [0, 0.05) is 36.6 Å². The van der Waals surface area contributed by atoms with E-state index in [0.717, 1.165) is 28.9 Å². The molecule has 0 saturated carbocycles. The highest BCUT2D eigenvalue weighted by atomic mass is 35.5. The SMILES string of the molecule is CCON=CCCC1=C(O)CC(c2c(C)c(C)c3c(c2Cl)OC(C)(C)C3)CC1=O. The van der Waals surface area contributed by atoms with Crippen LogP contribution in [-0.4, -0.2) is 29.3 Å². The van der Waals surface area contributed by atoms with E-state index in [9.17, 15) is 9.90 Å². The van der Waals surface area contributed by atoms with E-state index in [1.54, 1.807) is 6.21 Å². The predicted octanol–water partition coefficient (Wildman–Crippen LogP) is 5.73. The number of oxime groups is 1. The summed E-state index contributed by atoms with van der Waals surface area (Å²) >= 11 is 6.79. The predicted molar refractivity (Wildman–Crippen MR) is 115 cm³/mol. The van der Waals surface area contributed by atoms with Gasteiger partial charge in [-0.2, -0.15) is 0 Å². The van der Waals surface area contributed by atoms with Crippen LogP contribution >= 0.6 is 11.6 Å². The van der Waals surface area contributed by atoms with E-state index in [1.165, 1.54) is 5.56 Å². The summed E-state index contributed by atoms with van der Waals surface area (Å²) in [5.74, 6) is 0.722. The van der Waals surface area contributed by atoms with Crippen molar-refractivity contribution in [3.05, 3.63) is 38.6 Å². The molecule has 1 unspecified atom stereocenters. The van der Waals surface area contributed by atoms with Crippen molar-refractivity contribution in [2.75, 3.05) is 6.61 Å². The molecule has 29 heavy (non-hydrogen) atoms. The van der Waals surface area contributed by atoms with Gasteiger partial charge in [0.25, 0.3) is 0 Å². The van der Waals surface area contributed by atoms with Gasteiger partial charge in [-0.15, -0.1) is 0 Å². The van der Waals surface area contributed by atoms with Crippen molar-refractivity contribution in [2.24, 2.45) is 5.16 Å². The number of aliphatic hydroxyl groups excluding tert-OH is 1. The van der Waals surface area contributed by atoms with Crippen LogP contribution < -0.4 is 4.74 Å². The number of carbonyl (C=O) groups excluding carboxylic acids is 1. The number of allylic oxidation sites excluding steroid dienone is 2. The third-order valence-corrected chi connectivity index (χ3v) is 6.25. The number of hydrogen-bond donors (Lipinski definition) is 1. The standard InChI is InChI=1S/C23H30ClNO4/c1-6-28-25-9-7-8-16-18(26)10-15(11-19(16)27)20-14(3)13(2)17-12-23(4,5)29-22(17)21(20)24/h9,15,26H,6-8,10-12H2,1-5H3. The summed E-state index contributed by atoms with van der Waals surface area (Å²) in [6.07, 6.45) is 4.21. The number of carbonyl (C=O) groups is 1. The first-order chi connectivity index (χ1) is 13.7. The maximum Gasteiger partial charge on any atom is 0.162 e. The maximum absolute atomic E-state index is 12.8. The topological polar surface area (TPSA) is 68.1 Å². The van der Waals surface area contributed by atoms with Crippen LogP contribution in [0.5, 0.6) is 5.75 Å². The molecule has 0 fully saturated rings. The molecule has 1 aromatic rings. The molecule has 1 heterocycles. The van der Waals surface area contributed by atoms with E-state index in [-0.39, 0.29) is 23.1 Å². The Hall–Kier alpha value is -2.01. The molecule has 1 aliphatic heterocycles. The van der Waals surface area contributed by atoms with E-state index >= 15 is 0 Å². The summed E-state index contributed by atoms with van der Waals surface area (Å²) in [6.45, 7) is 10.6. The van der Waals surface area contributed by atoms with E-state index in [2.05, 4.69) is 25.9 Å². The molecule has 0 aromatic heterocycles. The molecule has 3 rings (SSSR count). The fourth-order valence-corrected chi connectivity index (χ4v) is 4.82. The van der Waals surface area contributed by atoms with Crippen molar-refractivity contribution >= 4 is 23.6 Å². The lowest BCUT2D eigenvalue weighted by atomic mass is 9.78. The first-order valence-electron chi connectivity index (χ1n) is 10.2. The van der Waals surface area contributed by atoms with Gasteiger partial charge >= 0.3 is 0 Å². The number of nitrogens with zero attached hydrogens (tertiary/aromatic N) is 1. The van der Waals surface area contributed by atoms with Gasteiger partial charge in [-0.3, -0.25) is 4.79 Å². The van der Waals surface area contributed by atoms with Crippen LogP contribution in [0.25, 0.3) is 0 Å². The molecule has 0 saturated heterocycles. The molecule has 158 valence electrons. The average Bonchev–Trinajstić information content (AvgIpc) is 2.98. The molecule has 1 aliphatic carbocycles. The third-order valence-electron chi connectivity index (χ3n) is 5.88. The van der Waals surface area contributed by atoms with Crippen LogP contribution in [0.3, 0.4) is 0 Å².